The van der Waals surface area contributed by atoms with Gasteiger partial charge in [0.15, 0.2) is 0 Å². The van der Waals surface area contributed by atoms with E-state index >= 15 is 0 Å². The SMILES string of the molecule is NC[C@]1(c2cccc(Cl)c2)CC[C@H](NC(=O)c2ccnnc2)CC1. The van der Waals surface area contributed by atoms with Crippen LogP contribution in [0.4, 0.5) is 0 Å². The molecule has 1 heterocycles. The van der Waals surface area contributed by atoms with Crippen LogP contribution in [-0.4, -0.2) is 28.7 Å². The van der Waals surface area contributed by atoms with E-state index in [1.54, 1.807) is 6.07 Å². The third kappa shape index (κ3) is 3.57. The van der Waals surface area contributed by atoms with Crippen molar-refractivity contribution >= 4 is 17.5 Å². The van der Waals surface area contributed by atoms with Gasteiger partial charge in [-0.2, -0.15) is 10.2 Å². The molecule has 1 saturated carbocycles. The number of halogens is 1. The number of carbonyl (C=O) groups is 1. The van der Waals surface area contributed by atoms with Crippen molar-refractivity contribution in [3.05, 3.63) is 58.9 Å². The molecule has 0 spiro atoms. The van der Waals surface area contributed by atoms with E-state index in [1.807, 2.05) is 18.2 Å². The van der Waals surface area contributed by atoms with Gasteiger partial charge in [-0.15, -0.1) is 0 Å². The molecule has 3 rings (SSSR count). The maximum absolute atomic E-state index is 12.2. The first kappa shape index (κ1) is 16.9. The van der Waals surface area contributed by atoms with Crippen LogP contribution in [0.15, 0.2) is 42.7 Å². The molecule has 1 aliphatic carbocycles. The number of aromatic nitrogens is 2. The highest BCUT2D eigenvalue weighted by Crippen LogP contribution is 2.39. The van der Waals surface area contributed by atoms with E-state index in [0.29, 0.717) is 12.1 Å². The number of rotatable bonds is 4. The van der Waals surface area contributed by atoms with Crippen LogP contribution in [-0.2, 0) is 5.41 Å². The predicted molar refractivity (Wildman–Crippen MR) is 93.9 cm³/mol. The molecule has 1 aliphatic rings. The van der Waals surface area contributed by atoms with Crippen molar-refractivity contribution in [2.24, 2.45) is 5.73 Å². The van der Waals surface area contributed by atoms with Gasteiger partial charge in [-0.05, 0) is 49.4 Å². The number of hydrogen-bond donors (Lipinski definition) is 2. The van der Waals surface area contributed by atoms with Crippen LogP contribution < -0.4 is 11.1 Å². The molecule has 1 fully saturated rings. The first-order valence-electron chi connectivity index (χ1n) is 8.17. The van der Waals surface area contributed by atoms with Gasteiger partial charge < -0.3 is 11.1 Å². The minimum atomic E-state index is -0.0992. The Balaban J connectivity index is 1.65. The molecule has 0 unspecified atom stereocenters. The van der Waals surface area contributed by atoms with Gasteiger partial charge in [0.2, 0.25) is 0 Å². The lowest BCUT2D eigenvalue weighted by Crippen LogP contribution is -2.45. The Hall–Kier alpha value is -1.98. The molecule has 1 aromatic heterocycles. The molecule has 0 atom stereocenters. The van der Waals surface area contributed by atoms with E-state index in [2.05, 4.69) is 21.6 Å². The summed E-state index contributed by atoms with van der Waals surface area (Å²) in [5.74, 6) is -0.0992. The first-order chi connectivity index (χ1) is 11.6. The van der Waals surface area contributed by atoms with E-state index in [1.165, 1.54) is 18.0 Å². The molecule has 3 N–H and O–H groups in total. The summed E-state index contributed by atoms with van der Waals surface area (Å²) in [6, 6.07) is 9.78. The minimum Gasteiger partial charge on any atom is -0.349 e. The van der Waals surface area contributed by atoms with Gasteiger partial charge in [0.05, 0.1) is 18.0 Å². The average Bonchev–Trinajstić information content (AvgIpc) is 2.63. The highest BCUT2D eigenvalue weighted by Gasteiger charge is 2.36. The molecule has 0 bridgehead atoms. The van der Waals surface area contributed by atoms with Gasteiger partial charge in [-0.3, -0.25) is 4.79 Å². The number of nitrogens with one attached hydrogen (secondary N) is 1. The van der Waals surface area contributed by atoms with Gasteiger partial charge in [-0.1, -0.05) is 23.7 Å². The molecular weight excluding hydrogens is 324 g/mol. The Bertz CT molecular complexity index is 699. The van der Waals surface area contributed by atoms with Crippen LogP contribution in [0.25, 0.3) is 0 Å². The van der Waals surface area contributed by atoms with Gasteiger partial charge >= 0.3 is 0 Å². The van der Waals surface area contributed by atoms with Crippen molar-refractivity contribution in [1.82, 2.24) is 15.5 Å². The normalized spacial score (nSPS) is 23.7. The van der Waals surface area contributed by atoms with E-state index in [9.17, 15) is 4.79 Å². The first-order valence-corrected chi connectivity index (χ1v) is 8.54. The van der Waals surface area contributed by atoms with E-state index in [-0.39, 0.29) is 17.4 Å². The standard InChI is InChI=1S/C18H21ClN4O/c19-15-3-1-2-14(10-15)18(12-20)7-4-16(5-8-18)23-17(24)13-6-9-21-22-11-13/h1-3,6,9-11,16H,4-5,7-8,12,20H2,(H,23,24)/t16-,18-. The van der Waals surface area contributed by atoms with E-state index < -0.39 is 0 Å². The van der Waals surface area contributed by atoms with Crippen molar-refractivity contribution < 1.29 is 4.79 Å². The maximum atomic E-state index is 12.2. The fourth-order valence-electron chi connectivity index (χ4n) is 3.44. The van der Waals surface area contributed by atoms with Crippen LogP contribution in [0.2, 0.25) is 5.02 Å². The number of hydrogen-bond acceptors (Lipinski definition) is 4. The molecule has 126 valence electrons. The highest BCUT2D eigenvalue weighted by molar-refractivity contribution is 6.30. The topological polar surface area (TPSA) is 80.9 Å². The average molecular weight is 345 g/mol. The largest absolute Gasteiger partial charge is 0.349 e. The van der Waals surface area contributed by atoms with Crippen LogP contribution >= 0.6 is 11.6 Å². The monoisotopic (exact) mass is 344 g/mol. The summed E-state index contributed by atoms with van der Waals surface area (Å²) in [4.78, 5) is 12.2. The van der Waals surface area contributed by atoms with E-state index in [0.717, 1.165) is 30.7 Å². The number of nitrogens with two attached hydrogens (primary N) is 1. The molecule has 2 aromatic rings. The smallest absolute Gasteiger partial charge is 0.253 e. The van der Waals surface area contributed by atoms with Crippen molar-refractivity contribution in [2.75, 3.05) is 6.54 Å². The summed E-state index contributed by atoms with van der Waals surface area (Å²) in [6.07, 6.45) is 6.66. The summed E-state index contributed by atoms with van der Waals surface area (Å²) < 4.78 is 0. The van der Waals surface area contributed by atoms with Crippen LogP contribution in [0, 0.1) is 0 Å². The lowest BCUT2D eigenvalue weighted by molar-refractivity contribution is 0.0917. The van der Waals surface area contributed by atoms with E-state index in [4.69, 9.17) is 17.3 Å². The molecule has 1 amide bonds. The lowest BCUT2D eigenvalue weighted by atomic mass is 9.68. The Labute approximate surface area is 146 Å². The molecule has 1 aromatic carbocycles. The Morgan fingerprint density at radius 3 is 2.71 bits per heavy atom. The molecule has 0 saturated heterocycles. The third-order valence-electron chi connectivity index (χ3n) is 4.95. The maximum Gasteiger partial charge on any atom is 0.253 e. The van der Waals surface area contributed by atoms with Crippen molar-refractivity contribution in [1.29, 1.82) is 0 Å². The summed E-state index contributed by atoms with van der Waals surface area (Å²) in [5.41, 5.74) is 7.79. The number of nitrogens with zero attached hydrogens (tertiary/aromatic N) is 2. The van der Waals surface area contributed by atoms with Gasteiger partial charge in [0.25, 0.3) is 5.91 Å². The Morgan fingerprint density at radius 1 is 1.29 bits per heavy atom. The van der Waals surface area contributed by atoms with Crippen LogP contribution in [0.5, 0.6) is 0 Å². The van der Waals surface area contributed by atoms with Gasteiger partial charge in [0.1, 0.15) is 0 Å². The number of amides is 1. The van der Waals surface area contributed by atoms with Gasteiger partial charge in [0, 0.05) is 23.0 Å². The molecular formula is C18H21ClN4O. The van der Waals surface area contributed by atoms with Crippen molar-refractivity contribution in [3.8, 4) is 0 Å². The van der Waals surface area contributed by atoms with Crippen molar-refractivity contribution in [3.63, 3.8) is 0 Å². The second kappa shape index (κ2) is 7.28. The zero-order chi connectivity index (χ0) is 17.0. The predicted octanol–water partition coefficient (Wildman–Crippen LogP) is 2.70. The Kier molecular flexibility index (Phi) is 5.11. The minimum absolute atomic E-state index is 0.0512. The molecule has 0 aliphatic heterocycles. The molecule has 0 radical (unpaired) electrons. The fourth-order valence-corrected chi connectivity index (χ4v) is 3.63. The molecule has 24 heavy (non-hydrogen) atoms. The highest BCUT2D eigenvalue weighted by atomic mass is 35.5. The lowest BCUT2D eigenvalue weighted by Gasteiger charge is -2.40. The molecule has 5 nitrogen and oxygen atoms in total. The van der Waals surface area contributed by atoms with Crippen LogP contribution in [0.3, 0.4) is 0 Å². The Morgan fingerprint density at radius 2 is 2.08 bits per heavy atom. The second-order valence-electron chi connectivity index (χ2n) is 6.37. The number of carbonyl (C=O) groups excluding carboxylic acids is 1. The van der Waals surface area contributed by atoms with Crippen molar-refractivity contribution in [2.45, 2.75) is 37.1 Å². The summed E-state index contributed by atoms with van der Waals surface area (Å²) in [7, 11) is 0. The summed E-state index contributed by atoms with van der Waals surface area (Å²) in [5, 5.41) is 11.3. The summed E-state index contributed by atoms with van der Waals surface area (Å²) >= 11 is 6.14. The number of benzene rings is 1. The zero-order valence-corrected chi connectivity index (χ0v) is 14.2. The van der Waals surface area contributed by atoms with Gasteiger partial charge in [-0.25, -0.2) is 0 Å². The zero-order valence-electron chi connectivity index (χ0n) is 13.4. The third-order valence-corrected chi connectivity index (χ3v) is 5.19. The fraction of sp³-hybridized carbons (Fsp3) is 0.389. The molecule has 6 heteroatoms. The second-order valence-corrected chi connectivity index (χ2v) is 6.81. The summed E-state index contributed by atoms with van der Waals surface area (Å²) in [6.45, 7) is 0.586. The van der Waals surface area contributed by atoms with Crippen LogP contribution in [0.1, 0.15) is 41.6 Å². The quantitative estimate of drug-likeness (QED) is 0.893.